The molecule has 2 rings (SSSR count). The van der Waals surface area contributed by atoms with Crippen LogP contribution in [0.15, 0.2) is 36.4 Å². The quantitative estimate of drug-likeness (QED) is 0.687. The Morgan fingerprint density at radius 2 is 1.86 bits per heavy atom. The summed E-state index contributed by atoms with van der Waals surface area (Å²) in [5, 5.41) is 31.7. The molecule has 0 atom stereocenters. The van der Waals surface area contributed by atoms with Crippen molar-refractivity contribution in [2.75, 3.05) is 5.32 Å². The fourth-order valence-corrected chi connectivity index (χ4v) is 2.01. The predicted octanol–water partition coefficient (Wildman–Crippen LogP) is 3.74. The van der Waals surface area contributed by atoms with Gasteiger partial charge in [0, 0.05) is 5.69 Å². The van der Waals surface area contributed by atoms with Crippen molar-refractivity contribution in [2.24, 2.45) is 0 Å². The van der Waals surface area contributed by atoms with Gasteiger partial charge < -0.3 is 5.32 Å². The van der Waals surface area contributed by atoms with Gasteiger partial charge in [0.15, 0.2) is 0 Å². The van der Waals surface area contributed by atoms with E-state index in [1.165, 1.54) is 24.3 Å². The van der Waals surface area contributed by atoms with E-state index in [1.54, 1.807) is 12.1 Å². The van der Waals surface area contributed by atoms with E-state index in [-0.39, 0.29) is 27.5 Å². The Balaban J connectivity index is 2.45. The van der Waals surface area contributed by atoms with Crippen LogP contribution < -0.4 is 5.32 Å². The number of nitrogens with one attached hydrogen (secondary N) is 1. The lowest BCUT2D eigenvalue weighted by molar-refractivity contribution is -0.383. The second-order valence-corrected chi connectivity index (χ2v) is 4.41. The highest BCUT2D eigenvalue weighted by molar-refractivity contribution is 6.33. The lowest BCUT2D eigenvalue weighted by Crippen LogP contribution is -1.98. The molecule has 0 aliphatic rings. The van der Waals surface area contributed by atoms with Gasteiger partial charge in [-0.2, -0.15) is 10.5 Å². The lowest BCUT2D eigenvalue weighted by Gasteiger charge is -2.08. The Kier molecular flexibility index (Phi) is 4.03. The van der Waals surface area contributed by atoms with E-state index in [0.29, 0.717) is 5.69 Å². The fourth-order valence-electron chi connectivity index (χ4n) is 1.77. The van der Waals surface area contributed by atoms with Crippen molar-refractivity contribution in [1.82, 2.24) is 0 Å². The van der Waals surface area contributed by atoms with Crippen LogP contribution in [0.5, 0.6) is 0 Å². The van der Waals surface area contributed by atoms with E-state index in [1.807, 2.05) is 12.1 Å². The standard InChI is InChI=1S/C14H7ClN4O2/c15-12-2-1-3-13(14(12)19(20)21)18-11-5-4-9(7-16)10(6-11)8-17/h1-6,18H. The van der Waals surface area contributed by atoms with Crippen molar-refractivity contribution in [2.45, 2.75) is 0 Å². The number of hydrogen-bond acceptors (Lipinski definition) is 5. The number of nitrogens with zero attached hydrogens (tertiary/aromatic N) is 3. The van der Waals surface area contributed by atoms with E-state index >= 15 is 0 Å². The summed E-state index contributed by atoms with van der Waals surface area (Å²) in [5.41, 5.74) is 0.842. The van der Waals surface area contributed by atoms with E-state index < -0.39 is 4.92 Å². The molecule has 102 valence electrons. The number of anilines is 2. The highest BCUT2D eigenvalue weighted by atomic mass is 35.5. The van der Waals surface area contributed by atoms with Gasteiger partial charge in [-0.3, -0.25) is 10.1 Å². The van der Waals surface area contributed by atoms with Crippen LogP contribution in [0.1, 0.15) is 11.1 Å². The van der Waals surface area contributed by atoms with Gasteiger partial charge in [0.1, 0.15) is 22.8 Å². The number of benzene rings is 2. The summed E-state index contributed by atoms with van der Waals surface area (Å²) in [6.07, 6.45) is 0. The highest BCUT2D eigenvalue weighted by Gasteiger charge is 2.18. The molecular formula is C14H7ClN4O2. The van der Waals surface area contributed by atoms with Gasteiger partial charge in [0.05, 0.1) is 16.1 Å². The minimum Gasteiger partial charge on any atom is -0.350 e. The number of nitriles is 2. The van der Waals surface area contributed by atoms with E-state index in [2.05, 4.69) is 5.32 Å². The minimum absolute atomic E-state index is 0.0131. The topological polar surface area (TPSA) is 103 Å². The molecule has 0 unspecified atom stereocenters. The molecule has 0 radical (unpaired) electrons. The molecule has 6 nitrogen and oxygen atoms in total. The van der Waals surface area contributed by atoms with Crippen LogP contribution in [-0.2, 0) is 0 Å². The van der Waals surface area contributed by atoms with Crippen LogP contribution in [0, 0.1) is 32.8 Å². The third kappa shape index (κ3) is 2.92. The van der Waals surface area contributed by atoms with Gasteiger partial charge in [-0.1, -0.05) is 17.7 Å². The Hall–Kier alpha value is -3.09. The molecule has 2 aromatic carbocycles. The number of halogens is 1. The van der Waals surface area contributed by atoms with Crippen molar-refractivity contribution in [3.8, 4) is 12.1 Å². The molecule has 2 aromatic rings. The first kappa shape index (κ1) is 14.3. The largest absolute Gasteiger partial charge is 0.350 e. The second kappa shape index (κ2) is 5.91. The molecule has 21 heavy (non-hydrogen) atoms. The number of para-hydroxylation sites is 1. The molecule has 0 amide bonds. The number of hydrogen-bond donors (Lipinski definition) is 1. The maximum atomic E-state index is 11.0. The Morgan fingerprint density at radius 3 is 2.48 bits per heavy atom. The van der Waals surface area contributed by atoms with Crippen molar-refractivity contribution < 1.29 is 4.92 Å². The van der Waals surface area contributed by atoms with Gasteiger partial charge in [0.2, 0.25) is 0 Å². The van der Waals surface area contributed by atoms with Gasteiger partial charge >= 0.3 is 5.69 Å². The summed E-state index contributed by atoms with van der Waals surface area (Å²) >= 11 is 5.82. The summed E-state index contributed by atoms with van der Waals surface area (Å²) in [5.74, 6) is 0. The number of rotatable bonds is 3. The van der Waals surface area contributed by atoms with E-state index in [0.717, 1.165) is 0 Å². The molecule has 0 spiro atoms. The van der Waals surface area contributed by atoms with Gasteiger partial charge in [-0.25, -0.2) is 0 Å². The highest BCUT2D eigenvalue weighted by Crippen LogP contribution is 2.34. The molecule has 0 aromatic heterocycles. The van der Waals surface area contributed by atoms with Crippen molar-refractivity contribution in [3.63, 3.8) is 0 Å². The smallest absolute Gasteiger partial charge is 0.311 e. The average molecular weight is 299 g/mol. The Labute approximate surface area is 125 Å². The number of nitro benzene ring substituents is 1. The van der Waals surface area contributed by atoms with Gasteiger partial charge in [-0.05, 0) is 30.3 Å². The van der Waals surface area contributed by atoms with E-state index in [4.69, 9.17) is 22.1 Å². The van der Waals surface area contributed by atoms with Crippen LogP contribution in [0.25, 0.3) is 0 Å². The zero-order chi connectivity index (χ0) is 15.4. The lowest BCUT2D eigenvalue weighted by atomic mass is 10.1. The first-order valence-corrected chi connectivity index (χ1v) is 6.08. The minimum atomic E-state index is -0.584. The molecule has 0 aliphatic carbocycles. The van der Waals surface area contributed by atoms with Gasteiger partial charge in [0.25, 0.3) is 0 Å². The fraction of sp³-hybridized carbons (Fsp3) is 0. The molecular weight excluding hydrogens is 292 g/mol. The third-order valence-corrected chi connectivity index (χ3v) is 3.01. The van der Waals surface area contributed by atoms with Crippen LogP contribution in [0.3, 0.4) is 0 Å². The monoisotopic (exact) mass is 298 g/mol. The molecule has 1 N–H and O–H groups in total. The van der Waals surface area contributed by atoms with Crippen molar-refractivity contribution in [1.29, 1.82) is 10.5 Å². The SMILES string of the molecule is N#Cc1ccc(Nc2cccc(Cl)c2[N+](=O)[O-])cc1C#N. The summed E-state index contributed by atoms with van der Waals surface area (Å²) in [6, 6.07) is 12.8. The number of nitro groups is 1. The zero-order valence-corrected chi connectivity index (χ0v) is 11.3. The van der Waals surface area contributed by atoms with E-state index in [9.17, 15) is 10.1 Å². The maximum absolute atomic E-state index is 11.0. The molecule has 0 fully saturated rings. The third-order valence-electron chi connectivity index (χ3n) is 2.71. The zero-order valence-electron chi connectivity index (χ0n) is 10.5. The molecule has 0 saturated carbocycles. The Morgan fingerprint density at radius 1 is 1.14 bits per heavy atom. The average Bonchev–Trinajstić information content (AvgIpc) is 2.46. The second-order valence-electron chi connectivity index (χ2n) is 4.00. The maximum Gasteiger partial charge on any atom is 0.311 e. The molecule has 0 heterocycles. The normalized spacial score (nSPS) is 9.48. The van der Waals surface area contributed by atoms with Crippen molar-refractivity contribution in [3.05, 3.63) is 62.7 Å². The molecule has 0 bridgehead atoms. The van der Waals surface area contributed by atoms with Crippen molar-refractivity contribution >= 4 is 28.7 Å². The summed E-state index contributed by atoms with van der Waals surface area (Å²) in [7, 11) is 0. The summed E-state index contributed by atoms with van der Waals surface area (Å²) < 4.78 is 0. The van der Waals surface area contributed by atoms with Crippen LogP contribution in [0.2, 0.25) is 5.02 Å². The molecule has 0 aliphatic heterocycles. The Bertz CT molecular complexity index is 806. The first-order chi connectivity index (χ1) is 10.1. The van der Waals surface area contributed by atoms with Crippen LogP contribution >= 0.6 is 11.6 Å². The summed E-state index contributed by atoms with van der Waals surface area (Å²) in [6.45, 7) is 0. The predicted molar refractivity (Wildman–Crippen MR) is 77.3 cm³/mol. The molecule has 0 saturated heterocycles. The van der Waals surface area contributed by atoms with Crippen LogP contribution in [0.4, 0.5) is 17.1 Å². The molecule has 7 heteroatoms. The first-order valence-electron chi connectivity index (χ1n) is 5.71. The summed E-state index contributed by atoms with van der Waals surface area (Å²) in [4.78, 5) is 10.5. The van der Waals surface area contributed by atoms with Crippen LogP contribution in [-0.4, -0.2) is 4.92 Å². The van der Waals surface area contributed by atoms with Gasteiger partial charge in [-0.15, -0.1) is 0 Å².